The monoisotopic (exact) mass is 273 g/mol. The maximum absolute atomic E-state index is 13.5. The minimum atomic E-state index is -0.935. The Labute approximate surface area is 110 Å². The highest BCUT2D eigenvalue weighted by Crippen LogP contribution is 2.22. The Morgan fingerprint density at radius 3 is 2.72 bits per heavy atom. The molecule has 0 spiro atoms. The van der Waals surface area contributed by atoms with E-state index in [1.165, 1.54) is 12.1 Å². The van der Waals surface area contributed by atoms with Crippen LogP contribution in [0, 0.1) is 11.6 Å². The second-order valence-corrected chi connectivity index (χ2v) is 5.63. The van der Waals surface area contributed by atoms with Crippen molar-refractivity contribution in [3.8, 4) is 0 Å². The third-order valence-corrected chi connectivity index (χ3v) is 4.11. The van der Waals surface area contributed by atoms with Gasteiger partial charge in [0.1, 0.15) is 0 Å². The van der Waals surface area contributed by atoms with E-state index in [2.05, 4.69) is 4.90 Å². The van der Waals surface area contributed by atoms with E-state index >= 15 is 0 Å². The van der Waals surface area contributed by atoms with Gasteiger partial charge >= 0.3 is 0 Å². The van der Waals surface area contributed by atoms with Gasteiger partial charge in [-0.05, 0) is 12.5 Å². The lowest BCUT2D eigenvalue weighted by atomic mass is 10.1. The fourth-order valence-electron chi connectivity index (χ4n) is 2.06. The molecule has 2 rings (SSSR count). The molecule has 1 aromatic carbocycles. The first kappa shape index (κ1) is 13.8. The molecule has 2 nitrogen and oxygen atoms in total. The summed E-state index contributed by atoms with van der Waals surface area (Å²) in [5.74, 6) is 0.370. The van der Waals surface area contributed by atoms with Crippen molar-refractivity contribution in [3.05, 3.63) is 35.4 Å². The zero-order valence-electron chi connectivity index (χ0n) is 10.1. The van der Waals surface area contributed by atoms with Gasteiger partial charge < -0.3 is 10.0 Å². The number of aliphatic hydroxyl groups excluding tert-OH is 1. The molecule has 1 aliphatic heterocycles. The maximum atomic E-state index is 13.5. The lowest BCUT2D eigenvalue weighted by Crippen LogP contribution is -2.34. The van der Waals surface area contributed by atoms with Crippen molar-refractivity contribution in [1.29, 1.82) is 0 Å². The van der Waals surface area contributed by atoms with E-state index in [-0.39, 0.29) is 5.56 Å². The van der Waals surface area contributed by atoms with E-state index in [9.17, 15) is 13.9 Å². The molecule has 1 fully saturated rings. The summed E-state index contributed by atoms with van der Waals surface area (Å²) >= 11 is 1.92. The van der Waals surface area contributed by atoms with Crippen LogP contribution in [0.3, 0.4) is 0 Å². The van der Waals surface area contributed by atoms with Crippen LogP contribution in [0.15, 0.2) is 18.2 Å². The van der Waals surface area contributed by atoms with Crippen molar-refractivity contribution < 1.29 is 13.9 Å². The molecule has 0 aliphatic carbocycles. The number of aliphatic hydroxyl groups is 1. The molecule has 1 aliphatic rings. The first-order valence-electron chi connectivity index (χ1n) is 6.10. The number of nitrogens with zero attached hydrogens (tertiary/aromatic N) is 1. The third kappa shape index (κ3) is 3.43. The zero-order valence-corrected chi connectivity index (χ0v) is 10.9. The molecular formula is C13H17F2NOS. The van der Waals surface area contributed by atoms with Gasteiger partial charge in [0.2, 0.25) is 0 Å². The van der Waals surface area contributed by atoms with Crippen LogP contribution in [0.2, 0.25) is 0 Å². The van der Waals surface area contributed by atoms with Crippen molar-refractivity contribution in [2.75, 3.05) is 31.1 Å². The molecule has 1 unspecified atom stereocenters. The Kier molecular flexibility index (Phi) is 4.97. The van der Waals surface area contributed by atoms with Crippen LogP contribution in [-0.4, -0.2) is 41.1 Å². The molecule has 0 bridgehead atoms. The van der Waals surface area contributed by atoms with Crippen LogP contribution in [0.5, 0.6) is 0 Å². The van der Waals surface area contributed by atoms with Crippen molar-refractivity contribution in [1.82, 2.24) is 4.90 Å². The maximum Gasteiger partial charge on any atom is 0.164 e. The van der Waals surface area contributed by atoms with E-state index in [0.717, 1.165) is 37.2 Å². The summed E-state index contributed by atoms with van der Waals surface area (Å²) < 4.78 is 26.5. The Bertz CT molecular complexity index is 397. The molecule has 1 N–H and O–H groups in total. The molecular weight excluding hydrogens is 256 g/mol. The minimum Gasteiger partial charge on any atom is -0.388 e. The van der Waals surface area contributed by atoms with Gasteiger partial charge in [-0.25, -0.2) is 8.78 Å². The molecule has 1 heterocycles. The lowest BCUT2D eigenvalue weighted by Gasteiger charge is -2.27. The number of halogens is 2. The van der Waals surface area contributed by atoms with Crippen molar-refractivity contribution in [2.45, 2.75) is 12.5 Å². The number of hydrogen-bond donors (Lipinski definition) is 1. The average Bonchev–Trinajstić information content (AvgIpc) is 2.40. The van der Waals surface area contributed by atoms with Crippen LogP contribution in [-0.2, 0) is 0 Å². The van der Waals surface area contributed by atoms with Gasteiger partial charge in [-0.1, -0.05) is 12.1 Å². The quantitative estimate of drug-likeness (QED) is 0.911. The minimum absolute atomic E-state index is 0.0568. The first-order chi connectivity index (χ1) is 8.68. The van der Waals surface area contributed by atoms with E-state index in [1.54, 1.807) is 0 Å². The summed E-state index contributed by atoms with van der Waals surface area (Å²) in [6.07, 6.45) is -0.499. The molecule has 1 atom stereocenters. The van der Waals surface area contributed by atoms with Crippen LogP contribution < -0.4 is 0 Å². The first-order valence-corrected chi connectivity index (χ1v) is 7.26. The Balaban J connectivity index is 1.90. The Morgan fingerprint density at radius 2 is 2.00 bits per heavy atom. The topological polar surface area (TPSA) is 23.5 Å². The summed E-state index contributed by atoms with van der Waals surface area (Å²) in [5, 5.41) is 9.92. The molecule has 18 heavy (non-hydrogen) atoms. The SMILES string of the molecule is OC(CCN1CCSCC1)c1cccc(F)c1F. The van der Waals surface area contributed by atoms with Crippen LogP contribution in [0.1, 0.15) is 18.1 Å². The second-order valence-electron chi connectivity index (χ2n) is 4.40. The highest BCUT2D eigenvalue weighted by molar-refractivity contribution is 7.99. The predicted molar refractivity (Wildman–Crippen MR) is 69.7 cm³/mol. The van der Waals surface area contributed by atoms with Crippen LogP contribution in [0.4, 0.5) is 8.78 Å². The Morgan fingerprint density at radius 1 is 1.28 bits per heavy atom. The largest absolute Gasteiger partial charge is 0.388 e. The molecule has 1 saturated heterocycles. The highest BCUT2D eigenvalue weighted by atomic mass is 32.2. The van der Waals surface area contributed by atoms with E-state index < -0.39 is 17.7 Å². The summed E-state index contributed by atoms with van der Waals surface area (Å²) in [4.78, 5) is 2.25. The van der Waals surface area contributed by atoms with Gasteiger partial charge in [-0.3, -0.25) is 0 Å². The normalized spacial score (nSPS) is 18.8. The summed E-state index contributed by atoms with van der Waals surface area (Å²) in [6, 6.07) is 3.93. The Hall–Kier alpha value is -0.650. The van der Waals surface area contributed by atoms with Crippen LogP contribution in [0.25, 0.3) is 0 Å². The molecule has 0 aromatic heterocycles. The standard InChI is InChI=1S/C13H17F2NOS/c14-11-3-1-2-10(13(11)15)12(17)4-5-16-6-8-18-9-7-16/h1-3,12,17H,4-9H2. The van der Waals surface area contributed by atoms with Gasteiger partial charge in [-0.15, -0.1) is 0 Å². The fourth-order valence-corrected chi connectivity index (χ4v) is 3.04. The fraction of sp³-hybridized carbons (Fsp3) is 0.538. The predicted octanol–water partition coefficient (Wildman–Crippen LogP) is 2.44. The number of rotatable bonds is 4. The van der Waals surface area contributed by atoms with E-state index in [4.69, 9.17) is 0 Å². The van der Waals surface area contributed by atoms with Crippen molar-refractivity contribution in [2.24, 2.45) is 0 Å². The van der Waals surface area contributed by atoms with Gasteiger partial charge in [0.25, 0.3) is 0 Å². The lowest BCUT2D eigenvalue weighted by molar-refractivity contribution is 0.140. The number of thioether (sulfide) groups is 1. The molecule has 100 valence electrons. The van der Waals surface area contributed by atoms with Crippen molar-refractivity contribution >= 4 is 11.8 Å². The van der Waals surface area contributed by atoms with E-state index in [0.29, 0.717) is 6.42 Å². The molecule has 1 aromatic rings. The summed E-state index contributed by atoms with van der Waals surface area (Å²) in [6.45, 7) is 2.73. The smallest absolute Gasteiger partial charge is 0.164 e. The highest BCUT2D eigenvalue weighted by Gasteiger charge is 2.17. The second kappa shape index (κ2) is 6.50. The zero-order chi connectivity index (χ0) is 13.0. The number of benzene rings is 1. The average molecular weight is 273 g/mol. The van der Waals surface area contributed by atoms with Gasteiger partial charge in [0, 0.05) is 36.7 Å². The molecule has 0 saturated carbocycles. The van der Waals surface area contributed by atoms with E-state index in [1.807, 2.05) is 11.8 Å². The summed E-state index contributed by atoms with van der Waals surface area (Å²) in [7, 11) is 0. The summed E-state index contributed by atoms with van der Waals surface area (Å²) in [5.41, 5.74) is 0.0568. The molecule has 0 radical (unpaired) electrons. The van der Waals surface area contributed by atoms with Gasteiger partial charge in [-0.2, -0.15) is 11.8 Å². The third-order valence-electron chi connectivity index (χ3n) is 3.16. The molecule has 5 heteroatoms. The van der Waals surface area contributed by atoms with Gasteiger partial charge in [0.15, 0.2) is 11.6 Å². The van der Waals surface area contributed by atoms with Crippen molar-refractivity contribution in [3.63, 3.8) is 0 Å². The van der Waals surface area contributed by atoms with Crippen LogP contribution >= 0.6 is 11.8 Å². The molecule has 0 amide bonds. The van der Waals surface area contributed by atoms with Gasteiger partial charge in [0.05, 0.1) is 6.10 Å². The number of hydrogen-bond acceptors (Lipinski definition) is 3.